The highest BCUT2D eigenvalue weighted by atomic mass is 35.5. The molecule has 0 spiro atoms. The molecule has 0 aliphatic rings. The zero-order valence-corrected chi connectivity index (χ0v) is 12.8. The molecule has 0 saturated heterocycles. The Bertz CT molecular complexity index is 563. The van der Waals surface area contributed by atoms with Crippen LogP contribution in [0.15, 0.2) is 30.5 Å². The second-order valence-electron chi connectivity index (χ2n) is 5.10. The molecule has 2 rings (SSSR count). The summed E-state index contributed by atoms with van der Waals surface area (Å²) in [6.45, 7) is 6.54. The molecule has 0 aliphatic heterocycles. The smallest absolute Gasteiger partial charge is 0.119 e. The lowest BCUT2D eigenvalue weighted by atomic mass is 10.1. The van der Waals surface area contributed by atoms with Gasteiger partial charge in [0, 0.05) is 6.04 Å². The van der Waals surface area contributed by atoms with Crippen molar-refractivity contribution in [3.8, 4) is 5.75 Å². The average molecular weight is 294 g/mol. The van der Waals surface area contributed by atoms with Gasteiger partial charge in [-0.3, -0.25) is 4.68 Å². The Morgan fingerprint density at radius 2 is 1.95 bits per heavy atom. The maximum Gasteiger partial charge on any atom is 0.119 e. The third-order valence-corrected chi connectivity index (χ3v) is 3.46. The van der Waals surface area contributed by atoms with E-state index in [0.717, 1.165) is 17.0 Å². The zero-order valence-electron chi connectivity index (χ0n) is 12.0. The van der Waals surface area contributed by atoms with Crippen molar-refractivity contribution < 1.29 is 4.74 Å². The first-order chi connectivity index (χ1) is 9.47. The SMILES string of the molecule is Cc1c(Cl)cnn1CC(N)c1ccc(OC(C)C)cc1. The van der Waals surface area contributed by atoms with E-state index in [2.05, 4.69) is 5.10 Å². The Labute approximate surface area is 124 Å². The van der Waals surface area contributed by atoms with E-state index in [1.807, 2.05) is 49.7 Å². The lowest BCUT2D eigenvalue weighted by Crippen LogP contribution is -2.19. The molecule has 0 saturated carbocycles. The van der Waals surface area contributed by atoms with Crippen LogP contribution in [0, 0.1) is 6.92 Å². The van der Waals surface area contributed by atoms with E-state index >= 15 is 0 Å². The Morgan fingerprint density at radius 1 is 1.30 bits per heavy atom. The fraction of sp³-hybridized carbons (Fsp3) is 0.400. The molecule has 1 unspecified atom stereocenters. The highest BCUT2D eigenvalue weighted by Crippen LogP contribution is 2.20. The van der Waals surface area contributed by atoms with Gasteiger partial charge in [0.2, 0.25) is 0 Å². The molecule has 1 aromatic carbocycles. The number of rotatable bonds is 5. The molecule has 1 aromatic heterocycles. The molecule has 4 nitrogen and oxygen atoms in total. The van der Waals surface area contributed by atoms with Gasteiger partial charge >= 0.3 is 0 Å². The van der Waals surface area contributed by atoms with Crippen LogP contribution in [-0.4, -0.2) is 15.9 Å². The van der Waals surface area contributed by atoms with E-state index in [0.29, 0.717) is 11.6 Å². The molecule has 1 atom stereocenters. The maximum atomic E-state index is 6.21. The molecule has 1 heterocycles. The van der Waals surface area contributed by atoms with E-state index in [1.54, 1.807) is 6.20 Å². The summed E-state index contributed by atoms with van der Waals surface area (Å²) in [5, 5.41) is 4.88. The number of ether oxygens (including phenoxy) is 1. The lowest BCUT2D eigenvalue weighted by Gasteiger charge is -2.15. The van der Waals surface area contributed by atoms with Crippen molar-refractivity contribution in [1.29, 1.82) is 0 Å². The van der Waals surface area contributed by atoms with Gasteiger partial charge < -0.3 is 10.5 Å². The number of benzene rings is 1. The van der Waals surface area contributed by atoms with Crippen molar-refractivity contribution in [2.24, 2.45) is 5.73 Å². The van der Waals surface area contributed by atoms with Gasteiger partial charge in [-0.2, -0.15) is 5.10 Å². The minimum absolute atomic E-state index is 0.127. The Hall–Kier alpha value is -1.52. The van der Waals surface area contributed by atoms with Crippen LogP contribution in [0.25, 0.3) is 0 Å². The highest BCUT2D eigenvalue weighted by Gasteiger charge is 2.11. The molecule has 20 heavy (non-hydrogen) atoms. The second kappa shape index (κ2) is 6.29. The summed E-state index contributed by atoms with van der Waals surface area (Å²) in [7, 11) is 0. The van der Waals surface area contributed by atoms with E-state index in [1.165, 1.54) is 0 Å². The molecule has 0 bridgehead atoms. The topological polar surface area (TPSA) is 53.1 Å². The lowest BCUT2D eigenvalue weighted by molar-refractivity contribution is 0.242. The van der Waals surface area contributed by atoms with Gasteiger partial charge in [-0.1, -0.05) is 23.7 Å². The number of hydrogen-bond donors (Lipinski definition) is 1. The third-order valence-electron chi connectivity index (χ3n) is 3.09. The first-order valence-corrected chi connectivity index (χ1v) is 7.05. The summed E-state index contributed by atoms with van der Waals surface area (Å²) in [6.07, 6.45) is 1.81. The van der Waals surface area contributed by atoms with Crippen LogP contribution in [0.3, 0.4) is 0 Å². The summed E-state index contributed by atoms with van der Waals surface area (Å²) in [6, 6.07) is 7.74. The number of nitrogens with two attached hydrogens (primary N) is 1. The summed E-state index contributed by atoms with van der Waals surface area (Å²) < 4.78 is 7.44. The normalized spacial score (nSPS) is 12.7. The summed E-state index contributed by atoms with van der Waals surface area (Å²) in [5.41, 5.74) is 8.19. The van der Waals surface area contributed by atoms with Gasteiger partial charge in [0.1, 0.15) is 5.75 Å². The predicted octanol–water partition coefficient (Wildman–Crippen LogP) is 3.33. The second-order valence-corrected chi connectivity index (χ2v) is 5.51. The predicted molar refractivity (Wildman–Crippen MR) is 81.1 cm³/mol. The number of aromatic nitrogens is 2. The Kier molecular flexibility index (Phi) is 4.68. The van der Waals surface area contributed by atoms with Gasteiger partial charge in [-0.05, 0) is 38.5 Å². The van der Waals surface area contributed by atoms with E-state index in [9.17, 15) is 0 Å². The Balaban J connectivity index is 2.05. The molecule has 0 amide bonds. The largest absolute Gasteiger partial charge is 0.491 e. The van der Waals surface area contributed by atoms with Gasteiger partial charge in [0.15, 0.2) is 0 Å². The number of hydrogen-bond acceptors (Lipinski definition) is 3. The van der Waals surface area contributed by atoms with Crippen molar-refractivity contribution in [1.82, 2.24) is 9.78 Å². The van der Waals surface area contributed by atoms with Crippen LogP contribution in [0.5, 0.6) is 5.75 Å². The van der Waals surface area contributed by atoms with Gasteiger partial charge in [0.25, 0.3) is 0 Å². The van der Waals surface area contributed by atoms with Gasteiger partial charge in [-0.25, -0.2) is 0 Å². The fourth-order valence-electron chi connectivity index (χ4n) is 1.97. The van der Waals surface area contributed by atoms with Gasteiger partial charge in [-0.15, -0.1) is 0 Å². The summed E-state index contributed by atoms with van der Waals surface area (Å²) in [4.78, 5) is 0. The first kappa shape index (κ1) is 14.9. The minimum atomic E-state index is -0.127. The van der Waals surface area contributed by atoms with Crippen LogP contribution in [-0.2, 0) is 6.54 Å². The maximum absolute atomic E-state index is 6.21. The van der Waals surface area contributed by atoms with E-state index in [4.69, 9.17) is 22.1 Å². The summed E-state index contributed by atoms with van der Waals surface area (Å²) in [5.74, 6) is 0.856. The minimum Gasteiger partial charge on any atom is -0.491 e. The highest BCUT2D eigenvalue weighted by molar-refractivity contribution is 6.31. The molecule has 0 fully saturated rings. The molecule has 0 aliphatic carbocycles. The van der Waals surface area contributed by atoms with E-state index in [-0.39, 0.29) is 12.1 Å². The molecule has 108 valence electrons. The molecule has 2 aromatic rings. The fourth-order valence-corrected chi connectivity index (χ4v) is 2.11. The molecular formula is C15H20ClN3O. The van der Waals surface area contributed by atoms with Crippen LogP contribution in [0.1, 0.15) is 31.1 Å². The number of halogens is 1. The van der Waals surface area contributed by atoms with Crippen LogP contribution >= 0.6 is 11.6 Å². The zero-order chi connectivity index (χ0) is 14.7. The van der Waals surface area contributed by atoms with Crippen LogP contribution in [0.4, 0.5) is 0 Å². The van der Waals surface area contributed by atoms with Crippen molar-refractivity contribution in [3.63, 3.8) is 0 Å². The molecule has 5 heteroatoms. The molecule has 2 N–H and O–H groups in total. The van der Waals surface area contributed by atoms with Crippen LogP contribution in [0.2, 0.25) is 5.02 Å². The van der Waals surface area contributed by atoms with Crippen molar-refractivity contribution in [3.05, 3.63) is 46.7 Å². The number of nitrogens with zero attached hydrogens (tertiary/aromatic N) is 2. The average Bonchev–Trinajstić information content (AvgIpc) is 2.71. The van der Waals surface area contributed by atoms with Gasteiger partial charge in [0.05, 0.1) is 29.6 Å². The molecule has 0 radical (unpaired) electrons. The monoisotopic (exact) mass is 293 g/mol. The first-order valence-electron chi connectivity index (χ1n) is 6.67. The summed E-state index contributed by atoms with van der Waals surface area (Å²) >= 11 is 5.99. The van der Waals surface area contributed by atoms with E-state index < -0.39 is 0 Å². The van der Waals surface area contributed by atoms with Crippen molar-refractivity contribution in [2.75, 3.05) is 0 Å². The van der Waals surface area contributed by atoms with Crippen LogP contribution < -0.4 is 10.5 Å². The molecular weight excluding hydrogens is 274 g/mol. The quantitative estimate of drug-likeness (QED) is 0.920. The third kappa shape index (κ3) is 3.52. The Morgan fingerprint density at radius 3 is 2.45 bits per heavy atom. The standard InChI is InChI=1S/C15H20ClN3O/c1-10(2)20-13-6-4-12(5-7-13)15(17)9-19-11(3)14(16)8-18-19/h4-8,10,15H,9,17H2,1-3H3. The van der Waals surface area contributed by atoms with Crippen molar-refractivity contribution >= 4 is 11.6 Å². The van der Waals surface area contributed by atoms with Crippen molar-refractivity contribution in [2.45, 2.75) is 39.5 Å².